The van der Waals surface area contributed by atoms with Gasteiger partial charge in [0, 0.05) is 70.6 Å². The van der Waals surface area contributed by atoms with E-state index in [-0.39, 0.29) is 31.4 Å². The second-order valence-corrected chi connectivity index (χ2v) is 18.1. The van der Waals surface area contributed by atoms with Gasteiger partial charge in [-0.2, -0.15) is 0 Å². The number of H-pyrrole nitrogens is 1. The van der Waals surface area contributed by atoms with Gasteiger partial charge in [0.25, 0.3) is 5.91 Å². The summed E-state index contributed by atoms with van der Waals surface area (Å²) in [5.41, 5.74) is 3.41. The van der Waals surface area contributed by atoms with Crippen molar-refractivity contribution in [2.24, 2.45) is 5.92 Å². The van der Waals surface area contributed by atoms with E-state index >= 15 is 4.11 Å². The Bertz CT molecular complexity index is 2060. The SMILES string of the molecule is C[C@@H]1[C@@H]([Si](C)(C)F)[C@H](CCn2cc(CCO)nn2)O[C@@]12C(=O)N(Cc1cccc(NC(=O)Cc3c[nH]c4ccccc34)c1)c1ccc(Cl)cc12. The van der Waals surface area contributed by atoms with Gasteiger partial charge in [-0.05, 0) is 67.0 Å². The van der Waals surface area contributed by atoms with Crippen LogP contribution in [0.4, 0.5) is 15.5 Å². The Labute approximate surface area is 295 Å². The van der Waals surface area contributed by atoms with Crippen molar-refractivity contribution in [2.75, 3.05) is 16.8 Å². The van der Waals surface area contributed by atoms with Crippen LogP contribution in [-0.4, -0.2) is 58.0 Å². The molecule has 2 aliphatic rings. The first-order valence-corrected chi connectivity index (χ1v) is 20.2. The highest BCUT2D eigenvalue weighted by atomic mass is 35.5. The van der Waals surface area contributed by atoms with E-state index in [0.717, 1.165) is 22.0 Å². The van der Waals surface area contributed by atoms with Gasteiger partial charge in [-0.1, -0.05) is 54.1 Å². The van der Waals surface area contributed by atoms with Crippen molar-refractivity contribution in [3.63, 3.8) is 0 Å². The summed E-state index contributed by atoms with van der Waals surface area (Å²) in [4.78, 5) is 32.7. The highest BCUT2D eigenvalue weighted by molar-refractivity contribution is 6.72. The number of ether oxygens (including phenoxy) is 1. The zero-order chi connectivity index (χ0) is 35.2. The van der Waals surface area contributed by atoms with Gasteiger partial charge >= 0.3 is 0 Å². The number of anilines is 2. The molecule has 13 heteroatoms. The van der Waals surface area contributed by atoms with Crippen molar-refractivity contribution in [1.82, 2.24) is 20.0 Å². The fourth-order valence-corrected chi connectivity index (χ4v) is 10.7. The summed E-state index contributed by atoms with van der Waals surface area (Å²) < 4.78 is 24.8. The molecule has 0 radical (unpaired) electrons. The summed E-state index contributed by atoms with van der Waals surface area (Å²) in [6, 6.07) is 20.7. The molecule has 260 valence electrons. The minimum atomic E-state index is -3.36. The van der Waals surface area contributed by atoms with Gasteiger partial charge in [-0.3, -0.25) is 14.3 Å². The summed E-state index contributed by atoms with van der Waals surface area (Å²) in [6.45, 7) is 5.88. The number of amides is 2. The van der Waals surface area contributed by atoms with Crippen LogP contribution in [0.15, 0.2) is 79.1 Å². The van der Waals surface area contributed by atoms with Crippen LogP contribution in [0.3, 0.4) is 0 Å². The molecule has 4 atom stereocenters. The Morgan fingerprint density at radius 1 is 1.16 bits per heavy atom. The Balaban J connectivity index is 1.13. The number of rotatable bonds is 11. The number of carbonyl (C=O) groups excluding carboxylic acids is 2. The lowest BCUT2D eigenvalue weighted by molar-refractivity contribution is -0.146. The molecule has 3 N–H and O–H groups in total. The number of aliphatic hydroxyl groups is 1. The van der Waals surface area contributed by atoms with E-state index in [1.165, 1.54) is 0 Å². The molecule has 0 bridgehead atoms. The third-order valence-corrected chi connectivity index (χ3v) is 12.8. The lowest BCUT2D eigenvalue weighted by Gasteiger charge is -2.31. The number of para-hydroxylation sites is 1. The van der Waals surface area contributed by atoms with E-state index in [9.17, 15) is 14.7 Å². The van der Waals surface area contributed by atoms with E-state index in [2.05, 4.69) is 20.6 Å². The minimum absolute atomic E-state index is 0.0283. The number of fused-ring (bicyclic) bond motifs is 3. The highest BCUT2D eigenvalue weighted by Gasteiger charge is 2.66. The minimum Gasteiger partial charge on any atom is -0.396 e. The van der Waals surface area contributed by atoms with E-state index in [1.54, 1.807) is 41.0 Å². The van der Waals surface area contributed by atoms with Crippen molar-refractivity contribution in [2.45, 2.75) is 69.6 Å². The second kappa shape index (κ2) is 13.4. The average Bonchev–Trinajstić information content (AvgIpc) is 3.82. The number of aliphatic hydroxyl groups excluding tert-OH is 1. The van der Waals surface area contributed by atoms with Crippen LogP contribution >= 0.6 is 11.6 Å². The average molecular weight is 715 g/mol. The summed E-state index contributed by atoms with van der Waals surface area (Å²) >= 11 is 6.54. The number of halogens is 2. The number of hydrogen-bond donors (Lipinski definition) is 3. The topological polar surface area (TPSA) is 125 Å². The number of carbonyl (C=O) groups is 2. The van der Waals surface area contributed by atoms with Crippen molar-refractivity contribution in [3.8, 4) is 0 Å². The maximum absolute atomic E-state index is 16.2. The maximum atomic E-state index is 16.2. The molecular weight excluding hydrogens is 675 g/mol. The third-order valence-electron chi connectivity index (χ3n) is 10.1. The fraction of sp³-hybridized carbons (Fsp3) is 0.351. The lowest BCUT2D eigenvalue weighted by Crippen LogP contribution is -2.45. The maximum Gasteiger partial charge on any atom is 0.264 e. The van der Waals surface area contributed by atoms with Gasteiger partial charge < -0.3 is 29.2 Å². The normalized spacial score (nSPS) is 21.8. The van der Waals surface area contributed by atoms with Gasteiger partial charge in [0.05, 0.1) is 30.5 Å². The predicted molar refractivity (Wildman–Crippen MR) is 193 cm³/mol. The molecule has 3 aromatic carbocycles. The molecule has 10 nitrogen and oxygen atoms in total. The van der Waals surface area contributed by atoms with Gasteiger partial charge in [-0.25, -0.2) is 0 Å². The first kappa shape index (κ1) is 34.1. The Kier molecular flexibility index (Phi) is 9.14. The smallest absolute Gasteiger partial charge is 0.264 e. The van der Waals surface area contributed by atoms with Crippen LogP contribution in [0.5, 0.6) is 0 Å². The van der Waals surface area contributed by atoms with Crippen LogP contribution in [-0.2, 0) is 45.9 Å². The molecular formula is C37H40ClFN6O4Si. The van der Waals surface area contributed by atoms with Crippen LogP contribution < -0.4 is 10.2 Å². The van der Waals surface area contributed by atoms with Gasteiger partial charge in [0.2, 0.25) is 14.3 Å². The number of hydrogen-bond acceptors (Lipinski definition) is 6. The summed E-state index contributed by atoms with van der Waals surface area (Å²) in [7, 11) is -3.36. The van der Waals surface area contributed by atoms with Gasteiger partial charge in [-0.15, -0.1) is 5.10 Å². The van der Waals surface area contributed by atoms with E-state index in [0.29, 0.717) is 47.0 Å². The Morgan fingerprint density at radius 2 is 1.98 bits per heavy atom. The molecule has 4 heterocycles. The zero-order valence-corrected chi connectivity index (χ0v) is 30.0. The second-order valence-electron chi connectivity index (χ2n) is 13.8. The Morgan fingerprint density at radius 3 is 2.78 bits per heavy atom. The van der Waals surface area contributed by atoms with Crippen molar-refractivity contribution in [3.05, 3.63) is 107 Å². The van der Waals surface area contributed by atoms with Crippen LogP contribution in [0.1, 0.15) is 35.7 Å². The summed E-state index contributed by atoms with van der Waals surface area (Å²) in [6.07, 6.45) is 4.12. The molecule has 2 amide bonds. The molecule has 2 aromatic heterocycles. The molecule has 2 aliphatic heterocycles. The number of nitrogens with zero attached hydrogens (tertiary/aromatic N) is 4. The zero-order valence-electron chi connectivity index (χ0n) is 28.2. The number of aromatic amines is 1. The first-order valence-electron chi connectivity index (χ1n) is 16.9. The summed E-state index contributed by atoms with van der Waals surface area (Å²) in [5, 5.41) is 22.0. The van der Waals surface area contributed by atoms with Crippen LogP contribution in [0.25, 0.3) is 10.9 Å². The quantitative estimate of drug-likeness (QED) is 0.105. The van der Waals surface area contributed by atoms with E-state index < -0.39 is 31.6 Å². The largest absolute Gasteiger partial charge is 0.396 e. The van der Waals surface area contributed by atoms with Crippen molar-refractivity contribution >= 4 is 54.1 Å². The monoisotopic (exact) mass is 714 g/mol. The van der Waals surface area contributed by atoms with Crippen molar-refractivity contribution in [1.29, 1.82) is 0 Å². The van der Waals surface area contributed by atoms with E-state index in [4.69, 9.17) is 16.3 Å². The highest BCUT2D eigenvalue weighted by Crippen LogP contribution is 2.60. The molecule has 0 unspecified atom stereocenters. The molecule has 0 saturated carbocycles. The molecule has 1 saturated heterocycles. The standard InChI is InChI=1S/C37H40ClFN6O4Si/c1-23-35(50(2,3)39)33(13-15-44-22-28(14-16-46)42-43-44)49-37(23)30-19-26(38)11-12-32(30)45(36(37)48)21-24-7-6-8-27(17-24)41-34(47)18-25-20-40-31-10-5-4-9-29(25)31/h4-12,17,19-20,22-23,33,35,40,46H,13-16,18,21H2,1-3H3,(H,41,47)/t23-,33+,35-,37+/m1/s1. The van der Waals surface area contributed by atoms with Gasteiger partial charge in [0.15, 0.2) is 5.60 Å². The predicted octanol–water partition coefficient (Wildman–Crippen LogP) is 6.54. The number of aromatic nitrogens is 4. The van der Waals surface area contributed by atoms with Crippen LogP contribution in [0, 0.1) is 5.92 Å². The Hall–Kier alpha value is -4.36. The van der Waals surface area contributed by atoms with Crippen molar-refractivity contribution < 1.29 is 23.5 Å². The fourth-order valence-electron chi connectivity index (χ4n) is 7.97. The number of benzene rings is 3. The molecule has 7 rings (SSSR count). The van der Waals surface area contributed by atoms with Crippen LogP contribution in [0.2, 0.25) is 23.7 Å². The third kappa shape index (κ3) is 6.25. The first-order chi connectivity index (χ1) is 24.0. The molecule has 5 aromatic rings. The molecule has 0 aliphatic carbocycles. The lowest BCUT2D eigenvalue weighted by atomic mass is 9.82. The van der Waals surface area contributed by atoms with E-state index in [1.807, 2.05) is 67.7 Å². The molecule has 1 spiro atoms. The number of aryl methyl sites for hydroxylation is 1. The molecule has 50 heavy (non-hydrogen) atoms. The molecule has 1 fully saturated rings. The summed E-state index contributed by atoms with van der Waals surface area (Å²) in [5.74, 6) is -0.876. The van der Waals surface area contributed by atoms with Gasteiger partial charge in [0.1, 0.15) is 0 Å². The number of nitrogens with one attached hydrogen (secondary N) is 2.